The Kier molecular flexibility index (Phi) is 4.85. The van der Waals surface area contributed by atoms with Crippen LogP contribution in [0.5, 0.6) is 0 Å². The van der Waals surface area contributed by atoms with Gasteiger partial charge < -0.3 is 5.32 Å². The summed E-state index contributed by atoms with van der Waals surface area (Å²) in [6, 6.07) is 0.964. The fraction of sp³-hybridized carbons (Fsp3) is 1.00. The van der Waals surface area contributed by atoms with Crippen LogP contribution in [-0.4, -0.2) is 32.0 Å². The van der Waals surface area contributed by atoms with Gasteiger partial charge >= 0.3 is 0 Å². The lowest BCUT2D eigenvalue weighted by molar-refractivity contribution is 0.139. The van der Waals surface area contributed by atoms with Gasteiger partial charge in [0.05, 0.1) is 5.25 Å². The lowest BCUT2D eigenvalue weighted by Crippen LogP contribution is -2.47. The highest BCUT2D eigenvalue weighted by Gasteiger charge is 2.35. The van der Waals surface area contributed by atoms with E-state index in [9.17, 15) is 8.42 Å². The Balaban J connectivity index is 1.93. The van der Waals surface area contributed by atoms with Crippen molar-refractivity contribution in [1.82, 2.24) is 5.32 Å². The molecule has 4 heteroatoms. The summed E-state index contributed by atoms with van der Waals surface area (Å²) < 4.78 is 23.5. The highest BCUT2D eigenvalue weighted by molar-refractivity contribution is 7.91. The second-order valence-corrected chi connectivity index (χ2v) is 10.4. The molecule has 0 aromatic rings. The molecular formula is C16H31NO2S. The Bertz CT molecular complexity index is 430. The monoisotopic (exact) mass is 301 g/mol. The smallest absolute Gasteiger partial charge is 0.150 e. The molecule has 0 aliphatic heterocycles. The van der Waals surface area contributed by atoms with Gasteiger partial charge in [-0.2, -0.15) is 0 Å². The summed E-state index contributed by atoms with van der Waals surface area (Å²) in [5.41, 5.74) is 0.417. The van der Waals surface area contributed by atoms with E-state index in [0.717, 1.165) is 31.6 Å². The van der Waals surface area contributed by atoms with E-state index < -0.39 is 9.84 Å². The third-order valence-electron chi connectivity index (χ3n) is 5.09. The van der Waals surface area contributed by atoms with E-state index >= 15 is 0 Å². The van der Waals surface area contributed by atoms with E-state index in [0.29, 0.717) is 17.5 Å². The zero-order chi connectivity index (χ0) is 15.0. The number of hydrogen-bond acceptors (Lipinski definition) is 3. The summed E-state index contributed by atoms with van der Waals surface area (Å²) >= 11 is 0. The van der Waals surface area contributed by atoms with Crippen molar-refractivity contribution >= 4 is 9.84 Å². The van der Waals surface area contributed by atoms with Crippen LogP contribution in [0.3, 0.4) is 0 Å². The number of rotatable bonds is 3. The minimum absolute atomic E-state index is 0.122. The van der Waals surface area contributed by atoms with Crippen LogP contribution in [0, 0.1) is 11.3 Å². The minimum Gasteiger partial charge on any atom is -0.311 e. The number of hydrogen-bond donors (Lipinski definition) is 1. The molecule has 0 radical (unpaired) electrons. The molecule has 2 aliphatic rings. The van der Waals surface area contributed by atoms with E-state index in [1.165, 1.54) is 25.5 Å². The zero-order valence-corrected chi connectivity index (χ0v) is 14.3. The van der Waals surface area contributed by atoms with Crippen molar-refractivity contribution in [3.05, 3.63) is 0 Å². The second-order valence-electron chi connectivity index (χ2n) is 8.09. The molecule has 2 aliphatic carbocycles. The van der Waals surface area contributed by atoms with Gasteiger partial charge in [0, 0.05) is 18.3 Å². The van der Waals surface area contributed by atoms with Gasteiger partial charge in [0.1, 0.15) is 9.84 Å². The van der Waals surface area contributed by atoms with Crippen molar-refractivity contribution in [2.24, 2.45) is 11.3 Å². The molecule has 0 aromatic carbocycles. The highest BCUT2D eigenvalue weighted by Crippen LogP contribution is 2.39. The van der Waals surface area contributed by atoms with Crippen molar-refractivity contribution in [2.75, 3.05) is 6.26 Å². The van der Waals surface area contributed by atoms with Gasteiger partial charge in [-0.05, 0) is 49.9 Å². The Morgan fingerprint density at radius 1 is 1.05 bits per heavy atom. The molecule has 0 spiro atoms. The maximum absolute atomic E-state index is 11.8. The zero-order valence-electron chi connectivity index (χ0n) is 13.5. The first-order chi connectivity index (χ1) is 9.16. The number of sulfone groups is 1. The SMILES string of the molecule is C[C@@H]1C[C@H](N[C@@H]2CCC[C@@H](S(C)(=O)=O)C2)CC(C)(C)C1. The number of nitrogens with one attached hydrogen (secondary N) is 1. The molecule has 2 fully saturated rings. The van der Waals surface area contributed by atoms with Gasteiger partial charge in [-0.1, -0.05) is 27.2 Å². The predicted octanol–water partition coefficient (Wildman–Crippen LogP) is 3.15. The van der Waals surface area contributed by atoms with Crippen LogP contribution in [0.2, 0.25) is 0 Å². The van der Waals surface area contributed by atoms with E-state index in [1.807, 2.05) is 0 Å². The van der Waals surface area contributed by atoms with Crippen molar-refractivity contribution in [1.29, 1.82) is 0 Å². The first-order valence-electron chi connectivity index (χ1n) is 8.11. The van der Waals surface area contributed by atoms with E-state index in [4.69, 9.17) is 0 Å². The molecule has 0 heterocycles. The van der Waals surface area contributed by atoms with Crippen molar-refractivity contribution < 1.29 is 8.42 Å². The average molecular weight is 301 g/mol. The fourth-order valence-electron chi connectivity index (χ4n) is 4.49. The van der Waals surface area contributed by atoms with Gasteiger partial charge in [0.15, 0.2) is 0 Å². The largest absolute Gasteiger partial charge is 0.311 e. The Morgan fingerprint density at radius 2 is 1.75 bits per heavy atom. The van der Waals surface area contributed by atoms with Crippen LogP contribution >= 0.6 is 0 Å². The summed E-state index contributed by atoms with van der Waals surface area (Å²) in [7, 11) is -2.87. The lowest BCUT2D eigenvalue weighted by Gasteiger charge is -2.42. The Morgan fingerprint density at radius 3 is 2.35 bits per heavy atom. The summed E-state index contributed by atoms with van der Waals surface area (Å²) in [5.74, 6) is 0.769. The normalized spacial score (nSPS) is 38.6. The van der Waals surface area contributed by atoms with Gasteiger partial charge in [-0.15, -0.1) is 0 Å². The Hall–Kier alpha value is -0.0900. The Labute approximate surface area is 124 Å². The average Bonchev–Trinajstić information content (AvgIpc) is 2.25. The van der Waals surface area contributed by atoms with Gasteiger partial charge in [0.2, 0.25) is 0 Å². The summed E-state index contributed by atoms with van der Waals surface area (Å²) in [5, 5.41) is 3.66. The molecule has 1 N–H and O–H groups in total. The van der Waals surface area contributed by atoms with Crippen LogP contribution in [0.1, 0.15) is 65.7 Å². The van der Waals surface area contributed by atoms with Crippen molar-refractivity contribution in [2.45, 2.75) is 83.1 Å². The van der Waals surface area contributed by atoms with Gasteiger partial charge in [0.25, 0.3) is 0 Å². The topological polar surface area (TPSA) is 46.2 Å². The van der Waals surface area contributed by atoms with Crippen LogP contribution in [-0.2, 0) is 9.84 Å². The molecule has 0 amide bonds. The summed E-state index contributed by atoms with van der Waals surface area (Å²) in [6.45, 7) is 7.06. The van der Waals surface area contributed by atoms with Crippen LogP contribution in [0.15, 0.2) is 0 Å². The molecule has 0 saturated heterocycles. The maximum Gasteiger partial charge on any atom is 0.150 e. The highest BCUT2D eigenvalue weighted by atomic mass is 32.2. The molecule has 0 aromatic heterocycles. The quantitative estimate of drug-likeness (QED) is 0.871. The molecule has 20 heavy (non-hydrogen) atoms. The van der Waals surface area contributed by atoms with Crippen molar-refractivity contribution in [3.63, 3.8) is 0 Å². The molecule has 118 valence electrons. The van der Waals surface area contributed by atoms with Crippen LogP contribution in [0.25, 0.3) is 0 Å². The first kappa shape index (κ1) is 16.3. The molecular weight excluding hydrogens is 270 g/mol. The summed E-state index contributed by atoms with van der Waals surface area (Å²) in [4.78, 5) is 0. The first-order valence-corrected chi connectivity index (χ1v) is 10.1. The maximum atomic E-state index is 11.8. The van der Waals surface area contributed by atoms with Crippen LogP contribution in [0.4, 0.5) is 0 Å². The lowest BCUT2D eigenvalue weighted by atomic mass is 9.70. The second kappa shape index (κ2) is 5.96. The molecule has 0 bridgehead atoms. The molecule has 2 rings (SSSR count). The van der Waals surface area contributed by atoms with E-state index in [2.05, 4.69) is 26.1 Å². The fourth-order valence-corrected chi connectivity index (χ4v) is 5.67. The molecule has 4 atom stereocenters. The molecule has 3 nitrogen and oxygen atoms in total. The predicted molar refractivity (Wildman–Crippen MR) is 84.6 cm³/mol. The van der Waals surface area contributed by atoms with Crippen LogP contribution < -0.4 is 5.32 Å². The summed E-state index contributed by atoms with van der Waals surface area (Å²) in [6.07, 6.45) is 9.00. The standard InChI is InChI=1S/C16H31NO2S/c1-12-8-14(11-16(2,3)10-12)17-13-6-5-7-15(9-13)20(4,18)19/h12-15,17H,5-11H2,1-4H3/t12-,13-,14+,15-/m1/s1. The van der Waals surface area contributed by atoms with E-state index in [-0.39, 0.29) is 5.25 Å². The third kappa shape index (κ3) is 4.45. The van der Waals surface area contributed by atoms with Gasteiger partial charge in [-0.3, -0.25) is 0 Å². The molecule has 0 unspecified atom stereocenters. The van der Waals surface area contributed by atoms with Gasteiger partial charge in [-0.25, -0.2) is 8.42 Å². The molecule has 2 saturated carbocycles. The minimum atomic E-state index is -2.87. The van der Waals surface area contributed by atoms with E-state index in [1.54, 1.807) is 0 Å². The third-order valence-corrected chi connectivity index (χ3v) is 6.73. The van der Waals surface area contributed by atoms with Crippen molar-refractivity contribution in [3.8, 4) is 0 Å².